The van der Waals surface area contributed by atoms with Gasteiger partial charge in [0, 0.05) is 11.5 Å². The highest BCUT2D eigenvalue weighted by Crippen LogP contribution is 2.66. The van der Waals surface area contributed by atoms with Crippen LogP contribution in [0, 0.1) is 34.5 Å². The molecule has 4 rings (SSSR count). The standard InChI is InChI=1S/C26H32F6N2O4/c1-23-9-7-14(21(36)37)11-15(23)3-4-16-17-5-6-19(24(17,2)10-8-18(16)23)20(35)34(13-26(30,31)32)22(38)33-12-25(27,28)29/h3,11,16-19H,4-10,12-13H2,1-2H3,(H,33,38)(H,36,37)/t16-,17-,18-,19+,23-,24-/m0/s1. The Bertz CT molecular complexity index is 1070. The van der Waals surface area contributed by atoms with Crippen LogP contribution in [0.5, 0.6) is 0 Å². The number of urea groups is 1. The summed E-state index contributed by atoms with van der Waals surface area (Å²) in [7, 11) is 0. The monoisotopic (exact) mass is 550 g/mol. The number of fused-ring (bicyclic) bond motifs is 5. The normalized spacial score (nSPS) is 34.7. The fraction of sp³-hybridized carbons (Fsp3) is 0.731. The van der Waals surface area contributed by atoms with E-state index in [4.69, 9.17) is 0 Å². The van der Waals surface area contributed by atoms with E-state index in [1.54, 1.807) is 6.08 Å². The Morgan fingerprint density at radius 3 is 2.32 bits per heavy atom. The Hall–Kier alpha value is -2.53. The SMILES string of the molecule is C[C@]12CC[C@H]3[C@@H](CC=C4C=C(C(=O)O)CC[C@@]43C)[C@@H]1CC[C@@H]2C(=O)N(CC(F)(F)F)C(=O)NCC(F)(F)F. The zero-order valence-corrected chi connectivity index (χ0v) is 21.2. The van der Waals surface area contributed by atoms with Crippen molar-refractivity contribution in [2.45, 2.75) is 71.1 Å². The van der Waals surface area contributed by atoms with Gasteiger partial charge in [0.25, 0.3) is 0 Å². The molecule has 3 amide bonds. The van der Waals surface area contributed by atoms with Crippen LogP contribution < -0.4 is 5.32 Å². The molecule has 2 saturated carbocycles. The summed E-state index contributed by atoms with van der Waals surface area (Å²) >= 11 is 0. The molecule has 4 aliphatic carbocycles. The van der Waals surface area contributed by atoms with Crippen molar-refractivity contribution >= 4 is 17.9 Å². The second kappa shape index (κ2) is 9.59. The van der Waals surface area contributed by atoms with E-state index in [9.17, 15) is 45.8 Å². The topological polar surface area (TPSA) is 86.7 Å². The summed E-state index contributed by atoms with van der Waals surface area (Å²) in [5, 5.41) is 10.8. The molecule has 4 aliphatic rings. The lowest BCUT2D eigenvalue weighted by molar-refractivity contribution is -0.162. The number of aliphatic carboxylic acids is 1. The lowest BCUT2D eigenvalue weighted by Gasteiger charge is -2.57. The van der Waals surface area contributed by atoms with Gasteiger partial charge >= 0.3 is 24.4 Å². The predicted octanol–water partition coefficient (Wildman–Crippen LogP) is 5.85. The maximum atomic E-state index is 13.4. The van der Waals surface area contributed by atoms with Crippen LogP contribution in [-0.4, -0.2) is 53.4 Å². The molecule has 0 aliphatic heterocycles. The van der Waals surface area contributed by atoms with E-state index >= 15 is 0 Å². The third-order valence-corrected chi connectivity index (χ3v) is 9.63. The highest BCUT2D eigenvalue weighted by atomic mass is 19.4. The molecule has 6 nitrogen and oxygen atoms in total. The summed E-state index contributed by atoms with van der Waals surface area (Å²) in [5.74, 6) is -2.62. The molecule has 12 heteroatoms. The van der Waals surface area contributed by atoms with E-state index in [1.807, 2.05) is 13.0 Å². The summed E-state index contributed by atoms with van der Waals surface area (Å²) in [6.45, 7) is 0.184. The smallest absolute Gasteiger partial charge is 0.406 e. The maximum Gasteiger partial charge on any atom is 0.406 e. The van der Waals surface area contributed by atoms with E-state index in [2.05, 4.69) is 6.92 Å². The number of alkyl halides is 6. The molecule has 0 unspecified atom stereocenters. The van der Waals surface area contributed by atoms with Crippen molar-refractivity contribution in [1.82, 2.24) is 10.2 Å². The van der Waals surface area contributed by atoms with Crippen molar-refractivity contribution in [2.75, 3.05) is 13.1 Å². The molecule has 0 spiro atoms. The minimum absolute atomic E-state index is 0.0133. The number of imide groups is 1. The van der Waals surface area contributed by atoms with E-state index in [0.717, 1.165) is 5.57 Å². The maximum absolute atomic E-state index is 13.4. The molecular formula is C26H32F6N2O4. The molecule has 0 saturated heterocycles. The Morgan fingerprint density at radius 2 is 1.71 bits per heavy atom. The number of halogens is 6. The highest BCUT2D eigenvalue weighted by molar-refractivity contribution is 5.96. The van der Waals surface area contributed by atoms with Gasteiger partial charge in [-0.2, -0.15) is 26.3 Å². The fourth-order valence-electron chi connectivity index (χ4n) is 7.79. The first-order valence-electron chi connectivity index (χ1n) is 12.8. The van der Waals surface area contributed by atoms with Gasteiger partial charge < -0.3 is 10.4 Å². The second-order valence-corrected chi connectivity index (χ2v) is 11.7. The third-order valence-electron chi connectivity index (χ3n) is 9.63. The van der Waals surface area contributed by atoms with Crippen LogP contribution in [0.1, 0.15) is 58.8 Å². The molecule has 2 fully saturated rings. The first-order valence-corrected chi connectivity index (χ1v) is 12.8. The van der Waals surface area contributed by atoms with Gasteiger partial charge in [-0.1, -0.05) is 19.9 Å². The Balaban J connectivity index is 1.57. The molecule has 38 heavy (non-hydrogen) atoms. The lowest BCUT2D eigenvalue weighted by atomic mass is 9.48. The zero-order valence-electron chi connectivity index (χ0n) is 21.2. The Kier molecular flexibility index (Phi) is 7.18. The third kappa shape index (κ3) is 5.19. The van der Waals surface area contributed by atoms with Crippen LogP contribution in [0.4, 0.5) is 31.1 Å². The summed E-state index contributed by atoms with van der Waals surface area (Å²) in [5.41, 5.74) is 0.415. The molecule has 0 heterocycles. The van der Waals surface area contributed by atoms with E-state index in [-0.39, 0.29) is 34.5 Å². The van der Waals surface area contributed by atoms with Gasteiger partial charge in [0.15, 0.2) is 0 Å². The summed E-state index contributed by atoms with van der Waals surface area (Å²) < 4.78 is 77.6. The molecule has 0 bridgehead atoms. The van der Waals surface area contributed by atoms with Crippen LogP contribution in [0.15, 0.2) is 23.3 Å². The number of carbonyl (C=O) groups excluding carboxylic acids is 2. The zero-order chi connectivity index (χ0) is 28.3. The van der Waals surface area contributed by atoms with Crippen LogP contribution in [-0.2, 0) is 9.59 Å². The summed E-state index contributed by atoms with van der Waals surface area (Å²) in [6, 6.07) is -1.70. The van der Waals surface area contributed by atoms with Gasteiger partial charge in [-0.05, 0) is 85.2 Å². The number of carboxylic acids is 1. The Labute approximate surface area is 216 Å². The van der Waals surface area contributed by atoms with Crippen molar-refractivity contribution in [3.05, 3.63) is 23.3 Å². The number of hydrogen-bond donors (Lipinski definition) is 2. The largest absolute Gasteiger partial charge is 0.478 e. The van der Waals surface area contributed by atoms with Crippen molar-refractivity contribution in [3.63, 3.8) is 0 Å². The predicted molar refractivity (Wildman–Crippen MR) is 124 cm³/mol. The number of nitrogens with zero attached hydrogens (tertiary/aromatic N) is 1. The molecule has 0 aromatic rings. The van der Waals surface area contributed by atoms with Gasteiger partial charge in [-0.3, -0.25) is 9.69 Å². The number of rotatable bonds is 4. The number of amides is 3. The van der Waals surface area contributed by atoms with Crippen LogP contribution >= 0.6 is 0 Å². The number of carbonyl (C=O) groups is 3. The molecule has 0 aromatic heterocycles. The molecule has 6 atom stereocenters. The average molecular weight is 551 g/mol. The molecule has 0 radical (unpaired) electrons. The van der Waals surface area contributed by atoms with Crippen molar-refractivity contribution in [2.24, 2.45) is 34.5 Å². The molecule has 0 aromatic carbocycles. The van der Waals surface area contributed by atoms with Crippen molar-refractivity contribution in [1.29, 1.82) is 0 Å². The quantitative estimate of drug-likeness (QED) is 0.430. The van der Waals surface area contributed by atoms with E-state index in [0.29, 0.717) is 44.1 Å². The van der Waals surface area contributed by atoms with Crippen molar-refractivity contribution < 1.29 is 45.8 Å². The van der Waals surface area contributed by atoms with E-state index < -0.39 is 54.7 Å². The van der Waals surface area contributed by atoms with Crippen LogP contribution in [0.2, 0.25) is 0 Å². The van der Waals surface area contributed by atoms with Gasteiger partial charge in [-0.15, -0.1) is 0 Å². The average Bonchev–Trinajstić information content (AvgIpc) is 3.16. The number of allylic oxidation sites excluding steroid dienone is 3. The lowest BCUT2D eigenvalue weighted by Crippen LogP contribution is -2.55. The van der Waals surface area contributed by atoms with Crippen molar-refractivity contribution in [3.8, 4) is 0 Å². The minimum atomic E-state index is -4.97. The van der Waals surface area contributed by atoms with Crippen LogP contribution in [0.3, 0.4) is 0 Å². The molecule has 212 valence electrons. The highest BCUT2D eigenvalue weighted by Gasteiger charge is 2.60. The minimum Gasteiger partial charge on any atom is -0.478 e. The first kappa shape index (κ1) is 28.5. The number of nitrogens with one attached hydrogen (secondary N) is 1. The first-order chi connectivity index (χ1) is 17.5. The van der Waals surface area contributed by atoms with Gasteiger partial charge in [0.1, 0.15) is 13.1 Å². The molecule has 2 N–H and O–H groups in total. The second-order valence-electron chi connectivity index (χ2n) is 11.7. The summed E-state index contributed by atoms with van der Waals surface area (Å²) in [6.07, 6.45) is -2.22. The summed E-state index contributed by atoms with van der Waals surface area (Å²) in [4.78, 5) is 37.2. The molecular weight excluding hydrogens is 518 g/mol. The number of hydrogen-bond acceptors (Lipinski definition) is 3. The van der Waals surface area contributed by atoms with Crippen LogP contribution in [0.25, 0.3) is 0 Å². The Morgan fingerprint density at radius 1 is 1.03 bits per heavy atom. The van der Waals surface area contributed by atoms with Gasteiger partial charge in [0.2, 0.25) is 5.91 Å². The number of carboxylic acid groups (broad SMARTS) is 1. The van der Waals surface area contributed by atoms with Gasteiger partial charge in [-0.25, -0.2) is 9.59 Å². The fourth-order valence-corrected chi connectivity index (χ4v) is 7.79. The van der Waals surface area contributed by atoms with Gasteiger partial charge in [0.05, 0.1) is 0 Å². The van der Waals surface area contributed by atoms with E-state index in [1.165, 1.54) is 5.32 Å².